The zero-order valence-electron chi connectivity index (χ0n) is 46.8. The molecule has 15 nitrogen and oxygen atoms in total. The van der Waals surface area contributed by atoms with Crippen molar-refractivity contribution in [3.63, 3.8) is 0 Å². The fraction of sp³-hybridized carbons (Fsp3) is 0.500. The molecule has 0 bridgehead atoms. The van der Waals surface area contributed by atoms with E-state index in [-0.39, 0.29) is 61.6 Å². The molecular formula is C62H79N5O10S. The first-order chi connectivity index (χ1) is 37.0. The van der Waals surface area contributed by atoms with Gasteiger partial charge in [-0.25, -0.2) is 9.59 Å². The number of amides is 5. The molecule has 3 unspecified atom stereocenters. The summed E-state index contributed by atoms with van der Waals surface area (Å²) < 4.78 is 15.0. The molecule has 7 atom stereocenters. The SMILES string of the molecule is COC(=O)CSC(C)(C)[C@H](NC(=O)OC(C)(C)C)C(=O)C[C@@H](Cc1ccc(C2C[C@@H](C(=O)NC3CCCc4ccccc43)N(C(=O)[C@@H](NC(=O)OCc3ccccc3)C(C)(C)C)C2)cc1)C(=O)NC1CCCc2ccccc21. The number of esters is 1. The van der Waals surface area contributed by atoms with Gasteiger partial charge in [-0.1, -0.05) is 124 Å². The summed E-state index contributed by atoms with van der Waals surface area (Å²) in [6, 6.07) is 29.7. The molecule has 78 heavy (non-hydrogen) atoms. The number of ether oxygens (including phenoxy) is 3. The van der Waals surface area contributed by atoms with Gasteiger partial charge in [0.2, 0.25) is 17.7 Å². The van der Waals surface area contributed by atoms with Crippen LogP contribution in [0.1, 0.15) is 151 Å². The number of Topliss-reactive ketones (excluding diaryl/α,β-unsaturated/α-hetero) is 1. The summed E-state index contributed by atoms with van der Waals surface area (Å²) in [5, 5.41) is 12.2. The van der Waals surface area contributed by atoms with Gasteiger partial charge in [0.05, 0.1) is 24.9 Å². The Bertz CT molecular complexity index is 2770. The number of hydrogen-bond acceptors (Lipinski definition) is 11. The Hall–Kier alpha value is -6.68. The predicted octanol–water partition coefficient (Wildman–Crippen LogP) is 9.80. The molecule has 1 saturated heterocycles. The van der Waals surface area contributed by atoms with E-state index >= 15 is 0 Å². The Kier molecular flexibility index (Phi) is 19.6. The molecule has 0 spiro atoms. The smallest absolute Gasteiger partial charge is 0.408 e. The van der Waals surface area contributed by atoms with Crippen LogP contribution in [0.4, 0.5) is 9.59 Å². The van der Waals surface area contributed by atoms with Crippen LogP contribution in [0.25, 0.3) is 0 Å². The monoisotopic (exact) mass is 1090 g/mol. The number of thioether (sulfide) groups is 1. The van der Waals surface area contributed by atoms with E-state index in [1.54, 1.807) is 39.5 Å². The number of nitrogens with one attached hydrogen (secondary N) is 4. The molecule has 7 rings (SSSR count). The zero-order chi connectivity index (χ0) is 56.4. The molecule has 0 aromatic heterocycles. The molecule has 4 aromatic carbocycles. The number of carbonyl (C=O) groups excluding carboxylic acids is 7. The van der Waals surface area contributed by atoms with Crippen LogP contribution >= 0.6 is 11.8 Å². The number of rotatable bonds is 19. The maximum absolute atomic E-state index is 15.0. The van der Waals surface area contributed by atoms with Gasteiger partial charge in [0, 0.05) is 29.5 Å². The van der Waals surface area contributed by atoms with Crippen molar-refractivity contribution in [2.24, 2.45) is 11.3 Å². The summed E-state index contributed by atoms with van der Waals surface area (Å²) in [5.41, 5.74) is 5.29. The quantitative estimate of drug-likeness (QED) is 0.0515. The van der Waals surface area contributed by atoms with Crippen LogP contribution in [0.3, 0.4) is 0 Å². The Morgan fingerprint density at radius 1 is 0.679 bits per heavy atom. The summed E-state index contributed by atoms with van der Waals surface area (Å²) in [5.74, 6) is -3.11. The molecule has 5 amide bonds. The number of carbonyl (C=O) groups is 7. The highest BCUT2D eigenvalue weighted by Crippen LogP contribution is 2.38. The topological polar surface area (TPSA) is 199 Å². The largest absolute Gasteiger partial charge is 0.468 e. The number of hydrogen-bond donors (Lipinski definition) is 4. The summed E-state index contributed by atoms with van der Waals surface area (Å²) >= 11 is 1.16. The van der Waals surface area contributed by atoms with Gasteiger partial charge in [-0.3, -0.25) is 24.0 Å². The van der Waals surface area contributed by atoms with E-state index in [1.807, 2.05) is 112 Å². The number of nitrogens with zero attached hydrogens (tertiary/aromatic N) is 1. The molecule has 4 aromatic rings. The standard InChI is InChI=1S/C62H79N5O10S/c1-60(2,3)54(66-58(73)76-37-40-19-11-10-12-20-40)57(72)67-36-45(34-50(67)56(71)64-49-28-18-24-43-22-14-16-26-47(43)49)41-31-29-39(30-32-41)33-44(55(70)63-48-27-17-23-42-21-13-15-25-46(42)48)35-51(68)53(65-59(74)77-61(4,5)6)62(7,8)78-38-52(69)75-9/h10-16,19-22,25-26,29-32,44-45,48-50,53-54H,17-18,23-24,27-28,33-38H2,1-9H3,(H,63,70)(H,64,71)(H,65,74)(H,66,73)/t44-,45?,48?,49?,50+,53-,54-/m1/s1. The third kappa shape index (κ3) is 15.8. The lowest BCUT2D eigenvalue weighted by atomic mass is 9.85. The van der Waals surface area contributed by atoms with Crippen LogP contribution in [-0.4, -0.2) is 94.4 Å². The van der Waals surface area contributed by atoms with Gasteiger partial charge in [-0.05, 0) is 130 Å². The van der Waals surface area contributed by atoms with Crippen molar-refractivity contribution < 1.29 is 47.8 Å². The lowest BCUT2D eigenvalue weighted by molar-refractivity contribution is -0.142. The number of benzene rings is 4. The number of alkyl carbamates (subject to hydrolysis) is 2. The minimum absolute atomic E-state index is 0.0197. The van der Waals surface area contributed by atoms with Crippen LogP contribution in [0.15, 0.2) is 103 Å². The van der Waals surface area contributed by atoms with Crippen molar-refractivity contribution in [3.8, 4) is 0 Å². The Labute approximate surface area is 464 Å². The lowest BCUT2D eigenvalue weighted by Gasteiger charge is -2.36. The molecule has 2 aliphatic carbocycles. The van der Waals surface area contributed by atoms with Crippen molar-refractivity contribution in [3.05, 3.63) is 142 Å². The van der Waals surface area contributed by atoms with Crippen molar-refractivity contribution in [2.75, 3.05) is 19.4 Å². The van der Waals surface area contributed by atoms with Crippen molar-refractivity contribution >= 4 is 53.4 Å². The second-order valence-corrected chi connectivity index (χ2v) is 25.2. The summed E-state index contributed by atoms with van der Waals surface area (Å²) in [4.78, 5) is 99.9. The Morgan fingerprint density at radius 3 is 1.85 bits per heavy atom. The normalized spacial score (nSPS) is 19.4. The second-order valence-electron chi connectivity index (χ2n) is 23.6. The van der Waals surface area contributed by atoms with Crippen LogP contribution < -0.4 is 21.3 Å². The first-order valence-corrected chi connectivity index (χ1v) is 28.3. The van der Waals surface area contributed by atoms with E-state index in [2.05, 4.69) is 33.4 Å². The minimum Gasteiger partial charge on any atom is -0.468 e. The van der Waals surface area contributed by atoms with E-state index in [0.717, 1.165) is 78.1 Å². The maximum atomic E-state index is 15.0. The molecular weight excluding hydrogens is 1010 g/mol. The Morgan fingerprint density at radius 2 is 1.26 bits per heavy atom. The van der Waals surface area contributed by atoms with Crippen LogP contribution in [0.5, 0.6) is 0 Å². The van der Waals surface area contributed by atoms with E-state index in [0.29, 0.717) is 6.42 Å². The van der Waals surface area contributed by atoms with Crippen LogP contribution in [-0.2, 0) is 64.1 Å². The lowest BCUT2D eigenvalue weighted by Crippen LogP contribution is -2.58. The van der Waals surface area contributed by atoms with Gasteiger partial charge in [-0.2, -0.15) is 0 Å². The summed E-state index contributed by atoms with van der Waals surface area (Å²) in [6.07, 6.45) is 3.82. The first kappa shape index (κ1) is 59.0. The van der Waals surface area contributed by atoms with E-state index in [1.165, 1.54) is 18.2 Å². The highest BCUT2D eigenvalue weighted by Gasteiger charge is 2.46. The van der Waals surface area contributed by atoms with Gasteiger partial charge >= 0.3 is 18.2 Å². The number of methoxy groups -OCH3 is 1. The zero-order valence-corrected chi connectivity index (χ0v) is 47.6. The summed E-state index contributed by atoms with van der Waals surface area (Å²) in [6.45, 7) is 14.5. The van der Waals surface area contributed by atoms with Crippen LogP contribution in [0.2, 0.25) is 0 Å². The number of likely N-dealkylation sites (tertiary alicyclic amines) is 1. The average Bonchev–Trinajstić information content (AvgIpc) is 3.86. The fourth-order valence-electron chi connectivity index (χ4n) is 10.9. The van der Waals surface area contributed by atoms with Crippen molar-refractivity contribution in [2.45, 2.75) is 166 Å². The van der Waals surface area contributed by atoms with Gasteiger partial charge in [0.25, 0.3) is 0 Å². The highest BCUT2D eigenvalue weighted by atomic mass is 32.2. The molecule has 1 aliphatic heterocycles. The van der Waals surface area contributed by atoms with Crippen molar-refractivity contribution in [1.82, 2.24) is 26.2 Å². The molecule has 418 valence electrons. The van der Waals surface area contributed by atoms with Gasteiger partial charge < -0.3 is 40.4 Å². The number of aryl methyl sites for hydroxylation is 2. The van der Waals surface area contributed by atoms with E-state index in [4.69, 9.17) is 14.2 Å². The maximum Gasteiger partial charge on any atom is 0.408 e. The van der Waals surface area contributed by atoms with E-state index in [9.17, 15) is 33.6 Å². The van der Waals surface area contributed by atoms with Crippen molar-refractivity contribution in [1.29, 1.82) is 0 Å². The second kappa shape index (κ2) is 25.9. The average molecular weight is 1090 g/mol. The third-order valence-corrected chi connectivity index (χ3v) is 16.4. The Balaban J connectivity index is 1.15. The molecule has 16 heteroatoms. The first-order valence-electron chi connectivity index (χ1n) is 27.4. The van der Waals surface area contributed by atoms with E-state index < -0.39 is 69.7 Å². The molecule has 1 fully saturated rings. The molecule has 1 heterocycles. The van der Waals surface area contributed by atoms with Gasteiger partial charge in [0.1, 0.15) is 30.3 Å². The molecule has 4 N–H and O–H groups in total. The van der Waals surface area contributed by atoms with Crippen LogP contribution in [0, 0.1) is 11.3 Å². The predicted molar refractivity (Wildman–Crippen MR) is 301 cm³/mol. The third-order valence-electron chi connectivity index (χ3n) is 15.1. The number of ketones is 1. The number of fused-ring (bicyclic) bond motifs is 2. The van der Waals surface area contributed by atoms with Gasteiger partial charge in [0.15, 0.2) is 5.78 Å². The molecule has 0 radical (unpaired) electrons. The minimum atomic E-state index is -1.16. The summed E-state index contributed by atoms with van der Waals surface area (Å²) in [7, 11) is 1.28. The fourth-order valence-corrected chi connectivity index (χ4v) is 11.9. The van der Waals surface area contributed by atoms with Gasteiger partial charge in [-0.15, -0.1) is 11.8 Å². The molecule has 3 aliphatic rings. The highest BCUT2D eigenvalue weighted by molar-refractivity contribution is 8.01. The molecule has 0 saturated carbocycles.